The van der Waals surface area contributed by atoms with Gasteiger partial charge in [-0.15, -0.1) is 0 Å². The average Bonchev–Trinajstić information content (AvgIpc) is 2.95. The van der Waals surface area contributed by atoms with Gasteiger partial charge in [-0.25, -0.2) is 4.39 Å². The Bertz CT molecular complexity index is 667. The van der Waals surface area contributed by atoms with Gasteiger partial charge in [-0.2, -0.15) is 5.10 Å². The van der Waals surface area contributed by atoms with Crippen molar-refractivity contribution in [1.82, 2.24) is 10.2 Å². The molecule has 0 aliphatic heterocycles. The van der Waals surface area contributed by atoms with Gasteiger partial charge in [0.25, 0.3) is 0 Å². The molecule has 3 rings (SSSR count). The van der Waals surface area contributed by atoms with Crippen molar-refractivity contribution in [2.45, 2.75) is 32.6 Å². The maximum Gasteiger partial charge on any atom is 0.227 e. The van der Waals surface area contributed by atoms with Crippen LogP contribution in [0, 0.1) is 17.7 Å². The number of aromatic nitrogens is 2. The number of carbonyl (C=O) groups excluding carboxylic acids is 1. The Balaban J connectivity index is 1.78. The summed E-state index contributed by atoms with van der Waals surface area (Å²) in [4.78, 5) is 12.4. The van der Waals surface area contributed by atoms with E-state index in [1.807, 2.05) is 0 Å². The van der Waals surface area contributed by atoms with Crippen molar-refractivity contribution in [3.63, 3.8) is 0 Å². The van der Waals surface area contributed by atoms with Gasteiger partial charge in [0.15, 0.2) is 0 Å². The highest BCUT2D eigenvalue weighted by Gasteiger charge is 2.26. The molecule has 1 aliphatic carbocycles. The molecule has 1 amide bonds. The van der Waals surface area contributed by atoms with Gasteiger partial charge in [0.2, 0.25) is 5.91 Å². The number of hydrogen-bond donors (Lipinski definition) is 2. The molecule has 5 heteroatoms. The molecule has 2 aromatic rings. The fraction of sp³-hybridized carbons (Fsp3) is 0.412. The molecular formula is C17H20FN3O. The summed E-state index contributed by atoms with van der Waals surface area (Å²) in [6, 6.07) is 6.45. The third-order valence-corrected chi connectivity index (χ3v) is 4.35. The van der Waals surface area contributed by atoms with E-state index in [1.54, 1.807) is 18.2 Å². The fourth-order valence-corrected chi connectivity index (χ4v) is 3.16. The predicted octanol–water partition coefficient (Wildman–Crippen LogP) is 3.98. The van der Waals surface area contributed by atoms with Crippen LogP contribution in [0.15, 0.2) is 30.5 Å². The van der Waals surface area contributed by atoms with Crippen LogP contribution in [0.2, 0.25) is 0 Å². The molecule has 0 unspecified atom stereocenters. The fourth-order valence-electron chi connectivity index (χ4n) is 3.16. The Labute approximate surface area is 129 Å². The quantitative estimate of drug-likeness (QED) is 0.901. The van der Waals surface area contributed by atoms with Crippen LogP contribution in [0.25, 0.3) is 11.3 Å². The highest BCUT2D eigenvalue weighted by molar-refractivity contribution is 5.95. The molecule has 2 atom stereocenters. The normalized spacial score (nSPS) is 21.5. The number of amides is 1. The maximum absolute atomic E-state index is 13.9. The van der Waals surface area contributed by atoms with E-state index >= 15 is 0 Å². The average molecular weight is 301 g/mol. The lowest BCUT2D eigenvalue weighted by Crippen LogP contribution is -2.27. The number of anilines is 1. The molecular weight excluding hydrogens is 281 g/mol. The monoisotopic (exact) mass is 301 g/mol. The van der Waals surface area contributed by atoms with E-state index in [-0.39, 0.29) is 17.6 Å². The molecule has 1 aromatic heterocycles. The van der Waals surface area contributed by atoms with Gasteiger partial charge >= 0.3 is 0 Å². The van der Waals surface area contributed by atoms with Crippen LogP contribution in [0.5, 0.6) is 0 Å². The minimum Gasteiger partial charge on any atom is -0.323 e. The highest BCUT2D eigenvalue weighted by atomic mass is 19.1. The number of nitrogens with one attached hydrogen (secondary N) is 2. The van der Waals surface area contributed by atoms with Gasteiger partial charge in [0.05, 0.1) is 17.6 Å². The summed E-state index contributed by atoms with van der Waals surface area (Å²) in [7, 11) is 0. The van der Waals surface area contributed by atoms with E-state index in [1.165, 1.54) is 18.7 Å². The van der Waals surface area contributed by atoms with E-state index in [9.17, 15) is 9.18 Å². The van der Waals surface area contributed by atoms with Crippen LogP contribution in [-0.2, 0) is 4.79 Å². The third-order valence-electron chi connectivity index (χ3n) is 4.35. The van der Waals surface area contributed by atoms with Crippen molar-refractivity contribution in [3.05, 3.63) is 36.3 Å². The summed E-state index contributed by atoms with van der Waals surface area (Å²) in [5, 5.41) is 9.63. The first-order valence-corrected chi connectivity index (χ1v) is 7.74. The molecule has 22 heavy (non-hydrogen) atoms. The summed E-state index contributed by atoms with van der Waals surface area (Å²) in [5.74, 6) is 0.283. The van der Waals surface area contributed by atoms with Crippen LogP contribution in [0.1, 0.15) is 32.6 Å². The standard InChI is InChI=1S/C17H20FN3O/c1-11-5-4-6-12(9-11)17(22)20-15-10-19-21-16(15)13-7-2-3-8-14(13)18/h2-3,7-8,10-12H,4-6,9H2,1H3,(H,19,21)(H,20,22)/t11-,12+/m0/s1. The second kappa shape index (κ2) is 6.30. The first-order valence-electron chi connectivity index (χ1n) is 7.74. The van der Waals surface area contributed by atoms with Crippen molar-refractivity contribution in [2.75, 3.05) is 5.32 Å². The first kappa shape index (κ1) is 14.8. The first-order chi connectivity index (χ1) is 10.6. The van der Waals surface area contributed by atoms with E-state index in [4.69, 9.17) is 0 Å². The number of rotatable bonds is 3. The van der Waals surface area contributed by atoms with Crippen molar-refractivity contribution < 1.29 is 9.18 Å². The minimum atomic E-state index is -0.339. The van der Waals surface area contributed by atoms with E-state index in [0.29, 0.717) is 22.9 Å². The predicted molar refractivity (Wildman–Crippen MR) is 83.7 cm³/mol. The summed E-state index contributed by atoms with van der Waals surface area (Å²) >= 11 is 0. The van der Waals surface area contributed by atoms with Crippen LogP contribution in [0.4, 0.5) is 10.1 Å². The van der Waals surface area contributed by atoms with Gasteiger partial charge in [0.1, 0.15) is 5.82 Å². The number of aromatic amines is 1. The van der Waals surface area contributed by atoms with Crippen molar-refractivity contribution in [3.8, 4) is 11.3 Å². The topological polar surface area (TPSA) is 57.8 Å². The number of halogens is 1. The van der Waals surface area contributed by atoms with Crippen molar-refractivity contribution in [1.29, 1.82) is 0 Å². The van der Waals surface area contributed by atoms with Gasteiger partial charge in [-0.1, -0.05) is 31.9 Å². The highest BCUT2D eigenvalue weighted by Crippen LogP contribution is 2.31. The lowest BCUT2D eigenvalue weighted by Gasteiger charge is -2.25. The molecule has 1 fully saturated rings. The zero-order chi connectivity index (χ0) is 15.5. The molecule has 0 spiro atoms. The molecule has 4 nitrogen and oxygen atoms in total. The molecule has 1 heterocycles. The number of hydrogen-bond acceptors (Lipinski definition) is 2. The smallest absolute Gasteiger partial charge is 0.227 e. The number of H-pyrrole nitrogens is 1. The largest absolute Gasteiger partial charge is 0.323 e. The molecule has 1 saturated carbocycles. The second-order valence-electron chi connectivity index (χ2n) is 6.10. The van der Waals surface area contributed by atoms with Gasteiger partial charge in [-0.3, -0.25) is 9.89 Å². The Hall–Kier alpha value is -2.17. The molecule has 0 saturated heterocycles. The van der Waals surface area contributed by atoms with E-state index in [2.05, 4.69) is 22.4 Å². The van der Waals surface area contributed by atoms with Crippen LogP contribution >= 0.6 is 0 Å². The Morgan fingerprint density at radius 3 is 2.95 bits per heavy atom. The molecule has 1 aromatic carbocycles. The summed E-state index contributed by atoms with van der Waals surface area (Å²) in [5.41, 5.74) is 1.45. The second-order valence-corrected chi connectivity index (χ2v) is 6.10. The Morgan fingerprint density at radius 1 is 1.36 bits per heavy atom. The van der Waals surface area contributed by atoms with Crippen molar-refractivity contribution >= 4 is 11.6 Å². The molecule has 2 N–H and O–H groups in total. The lowest BCUT2D eigenvalue weighted by atomic mass is 9.82. The number of nitrogens with zero attached hydrogens (tertiary/aromatic N) is 1. The summed E-state index contributed by atoms with van der Waals surface area (Å²) < 4.78 is 13.9. The minimum absolute atomic E-state index is 0.00513. The molecule has 0 bridgehead atoms. The van der Waals surface area contributed by atoms with Gasteiger partial charge in [0, 0.05) is 11.5 Å². The van der Waals surface area contributed by atoms with Crippen LogP contribution < -0.4 is 5.32 Å². The summed E-state index contributed by atoms with van der Waals surface area (Å²) in [6.45, 7) is 2.18. The summed E-state index contributed by atoms with van der Waals surface area (Å²) in [6.07, 6.45) is 5.65. The van der Waals surface area contributed by atoms with Crippen LogP contribution in [-0.4, -0.2) is 16.1 Å². The Kier molecular flexibility index (Phi) is 4.22. The molecule has 1 aliphatic rings. The number of carbonyl (C=O) groups is 1. The zero-order valence-corrected chi connectivity index (χ0v) is 12.6. The SMILES string of the molecule is C[C@H]1CCC[C@@H](C(=O)Nc2cn[nH]c2-c2ccccc2F)C1. The molecule has 0 radical (unpaired) electrons. The zero-order valence-electron chi connectivity index (χ0n) is 12.6. The van der Waals surface area contributed by atoms with Gasteiger partial charge in [-0.05, 0) is 30.9 Å². The third kappa shape index (κ3) is 3.03. The van der Waals surface area contributed by atoms with E-state index < -0.39 is 0 Å². The van der Waals surface area contributed by atoms with Gasteiger partial charge < -0.3 is 5.32 Å². The Morgan fingerprint density at radius 2 is 2.18 bits per heavy atom. The van der Waals surface area contributed by atoms with E-state index in [0.717, 1.165) is 19.3 Å². The van der Waals surface area contributed by atoms with Crippen molar-refractivity contribution in [2.24, 2.45) is 11.8 Å². The number of benzene rings is 1. The maximum atomic E-state index is 13.9. The molecule has 116 valence electrons. The van der Waals surface area contributed by atoms with Crippen LogP contribution in [0.3, 0.4) is 0 Å². The lowest BCUT2D eigenvalue weighted by molar-refractivity contribution is -0.121.